The molecule has 6 nitrogen and oxygen atoms in total. The third-order valence-corrected chi connectivity index (χ3v) is 7.03. The van der Waals surface area contributed by atoms with Gasteiger partial charge in [-0.2, -0.15) is 5.26 Å². The highest BCUT2D eigenvalue weighted by atomic mass is 32.2. The predicted molar refractivity (Wildman–Crippen MR) is 115 cm³/mol. The fraction of sp³-hybridized carbons (Fsp3) is 0.348. The number of likely N-dealkylation sites (tertiary alicyclic amines) is 1. The number of rotatable bonds is 4. The number of quaternary nitrogens is 1. The maximum absolute atomic E-state index is 14.1. The second-order valence-electron chi connectivity index (χ2n) is 8.14. The van der Waals surface area contributed by atoms with Crippen LogP contribution in [0.25, 0.3) is 5.70 Å². The number of nitrogens with zero attached hydrogens (tertiary/aromatic N) is 3. The molecule has 1 atom stereocenters. The van der Waals surface area contributed by atoms with E-state index in [2.05, 4.69) is 11.0 Å². The Morgan fingerprint density at radius 1 is 1.07 bits per heavy atom. The van der Waals surface area contributed by atoms with Gasteiger partial charge in [-0.15, -0.1) is 0 Å². The summed E-state index contributed by atoms with van der Waals surface area (Å²) in [5.41, 5.74) is 3.64. The Bertz CT molecular complexity index is 1130. The van der Waals surface area contributed by atoms with E-state index in [1.54, 1.807) is 12.1 Å². The van der Waals surface area contributed by atoms with Crippen molar-refractivity contribution in [2.75, 3.05) is 19.3 Å². The average Bonchev–Trinajstić information content (AvgIpc) is 2.73. The molecule has 2 aromatic carbocycles. The largest absolute Gasteiger partial charge is 0.626 e. The molecule has 0 aliphatic carbocycles. The third kappa shape index (κ3) is 3.86. The molecule has 7 heteroatoms. The number of hydroxylamine groups is 3. The smallest absolute Gasteiger partial charge is 0.235 e. The topological polar surface area (TPSA) is 84.2 Å². The standard InChI is InChI=1S/C23H25N3O3S/c1-30(28,29)20-11-9-18(10-12-20)16-26(27)17-19-7-3-4-8-21(19)23(22(26)15-24)25-13-5-2-6-14-25/h3-4,7-12H,2,5-6,13-14,16-17H2,1H3. The molecule has 0 N–H and O–H groups in total. The van der Waals surface area contributed by atoms with Crippen molar-refractivity contribution in [2.24, 2.45) is 0 Å². The summed E-state index contributed by atoms with van der Waals surface area (Å²) >= 11 is 0. The molecule has 156 valence electrons. The molecule has 1 fully saturated rings. The number of fused-ring (bicyclic) bond motifs is 1. The van der Waals surface area contributed by atoms with Crippen LogP contribution in [0.2, 0.25) is 0 Å². The summed E-state index contributed by atoms with van der Waals surface area (Å²) in [6, 6.07) is 16.5. The van der Waals surface area contributed by atoms with E-state index in [-0.39, 0.29) is 23.7 Å². The van der Waals surface area contributed by atoms with E-state index < -0.39 is 14.5 Å². The van der Waals surface area contributed by atoms with Gasteiger partial charge >= 0.3 is 0 Å². The number of piperidine rings is 1. The van der Waals surface area contributed by atoms with E-state index in [9.17, 15) is 18.9 Å². The number of allylic oxidation sites excluding steroid dienone is 1. The molecule has 0 saturated carbocycles. The Hall–Kier alpha value is -2.66. The van der Waals surface area contributed by atoms with Crippen molar-refractivity contribution in [1.29, 1.82) is 5.26 Å². The first-order valence-electron chi connectivity index (χ1n) is 10.2. The number of sulfone groups is 1. The fourth-order valence-electron chi connectivity index (χ4n) is 4.42. The average molecular weight is 424 g/mol. The first-order valence-corrected chi connectivity index (χ1v) is 12.1. The van der Waals surface area contributed by atoms with Gasteiger partial charge in [0.15, 0.2) is 15.9 Å². The van der Waals surface area contributed by atoms with Crippen molar-refractivity contribution >= 4 is 15.5 Å². The van der Waals surface area contributed by atoms with Crippen molar-refractivity contribution in [3.63, 3.8) is 0 Å². The van der Waals surface area contributed by atoms with E-state index >= 15 is 0 Å². The Labute approximate surface area is 177 Å². The monoisotopic (exact) mass is 423 g/mol. The maximum Gasteiger partial charge on any atom is 0.235 e. The lowest BCUT2D eigenvalue weighted by Gasteiger charge is -2.47. The summed E-state index contributed by atoms with van der Waals surface area (Å²) in [5.74, 6) is 0. The van der Waals surface area contributed by atoms with Gasteiger partial charge in [0.05, 0.1) is 4.90 Å². The second-order valence-corrected chi connectivity index (χ2v) is 10.2. The maximum atomic E-state index is 14.1. The van der Waals surface area contributed by atoms with Gasteiger partial charge in [0.25, 0.3) is 0 Å². The molecule has 0 radical (unpaired) electrons. The van der Waals surface area contributed by atoms with Crippen LogP contribution in [0.1, 0.15) is 36.0 Å². The number of benzene rings is 2. The minimum Gasteiger partial charge on any atom is -0.626 e. The van der Waals surface area contributed by atoms with Gasteiger partial charge in [-0.3, -0.25) is 0 Å². The number of hydrogen-bond acceptors (Lipinski definition) is 5. The lowest BCUT2D eigenvalue weighted by Crippen LogP contribution is -2.45. The Morgan fingerprint density at radius 3 is 2.37 bits per heavy atom. The highest BCUT2D eigenvalue weighted by Crippen LogP contribution is 2.40. The summed E-state index contributed by atoms with van der Waals surface area (Å²) in [6.07, 6.45) is 4.43. The van der Waals surface area contributed by atoms with E-state index in [1.165, 1.54) is 12.1 Å². The third-order valence-electron chi connectivity index (χ3n) is 5.90. The molecule has 1 saturated heterocycles. The molecule has 2 aliphatic heterocycles. The molecule has 4 rings (SSSR count). The SMILES string of the molecule is CS(=O)(=O)c1ccc(C[N+]2([O-])Cc3ccccc3C(N3CCCCC3)=C2C#N)cc1. The molecule has 0 aromatic heterocycles. The van der Waals surface area contributed by atoms with Gasteiger partial charge in [-0.25, -0.2) is 8.42 Å². The van der Waals surface area contributed by atoms with Gasteiger partial charge in [-0.1, -0.05) is 36.4 Å². The van der Waals surface area contributed by atoms with Crippen molar-refractivity contribution in [3.05, 3.63) is 76.1 Å². The van der Waals surface area contributed by atoms with E-state index in [0.29, 0.717) is 5.56 Å². The van der Waals surface area contributed by atoms with Crippen LogP contribution >= 0.6 is 0 Å². The molecular weight excluding hydrogens is 398 g/mol. The summed E-state index contributed by atoms with van der Waals surface area (Å²) < 4.78 is 22.7. The van der Waals surface area contributed by atoms with Crippen molar-refractivity contribution < 1.29 is 13.1 Å². The van der Waals surface area contributed by atoms with E-state index in [0.717, 1.165) is 55.4 Å². The lowest BCUT2D eigenvalue weighted by atomic mass is 9.95. The molecule has 0 spiro atoms. The van der Waals surface area contributed by atoms with Crippen LogP contribution in [-0.4, -0.2) is 37.3 Å². The molecule has 2 aliphatic rings. The molecule has 2 aromatic rings. The van der Waals surface area contributed by atoms with Gasteiger partial charge in [-0.05, 0) is 31.4 Å². The zero-order valence-electron chi connectivity index (χ0n) is 17.0. The molecular formula is C23H25N3O3S. The normalized spacial score (nSPS) is 21.8. The molecule has 1 unspecified atom stereocenters. The van der Waals surface area contributed by atoms with Gasteiger partial charge in [0, 0.05) is 36.0 Å². The molecule has 0 amide bonds. The Morgan fingerprint density at radius 2 is 1.73 bits per heavy atom. The zero-order valence-corrected chi connectivity index (χ0v) is 17.9. The van der Waals surface area contributed by atoms with Crippen molar-refractivity contribution in [3.8, 4) is 6.07 Å². The van der Waals surface area contributed by atoms with Crippen LogP contribution in [0, 0.1) is 16.5 Å². The molecule has 0 bridgehead atoms. The summed E-state index contributed by atoms with van der Waals surface area (Å²) in [4.78, 5) is 2.41. The highest BCUT2D eigenvalue weighted by molar-refractivity contribution is 7.90. The van der Waals surface area contributed by atoms with E-state index in [4.69, 9.17) is 0 Å². The highest BCUT2D eigenvalue weighted by Gasteiger charge is 2.37. The van der Waals surface area contributed by atoms with Gasteiger partial charge in [0.2, 0.25) is 5.70 Å². The van der Waals surface area contributed by atoms with Crippen LogP contribution in [0.4, 0.5) is 0 Å². The summed E-state index contributed by atoms with van der Waals surface area (Å²) in [7, 11) is -3.30. The minimum atomic E-state index is -3.30. The van der Waals surface area contributed by atoms with Crippen molar-refractivity contribution in [1.82, 2.24) is 4.90 Å². The van der Waals surface area contributed by atoms with Crippen LogP contribution in [-0.2, 0) is 22.9 Å². The molecule has 2 heterocycles. The Kier molecular flexibility index (Phi) is 5.41. The number of nitriles is 1. The van der Waals surface area contributed by atoms with Gasteiger partial charge < -0.3 is 14.8 Å². The quantitative estimate of drug-likeness (QED) is 0.552. The van der Waals surface area contributed by atoms with Crippen molar-refractivity contribution in [2.45, 2.75) is 37.2 Å². The van der Waals surface area contributed by atoms with Crippen LogP contribution < -0.4 is 0 Å². The van der Waals surface area contributed by atoms with Gasteiger partial charge in [0.1, 0.15) is 18.8 Å². The molecule has 30 heavy (non-hydrogen) atoms. The van der Waals surface area contributed by atoms with Crippen LogP contribution in [0.3, 0.4) is 0 Å². The summed E-state index contributed by atoms with van der Waals surface area (Å²) in [6.45, 7) is 1.96. The van der Waals surface area contributed by atoms with E-state index in [1.807, 2.05) is 24.3 Å². The second kappa shape index (κ2) is 7.88. The first-order chi connectivity index (χ1) is 14.3. The Balaban J connectivity index is 1.77. The summed E-state index contributed by atoms with van der Waals surface area (Å²) in [5, 5.41) is 24.1. The first kappa shape index (κ1) is 20.6. The minimum absolute atomic E-state index is 0.0820. The van der Waals surface area contributed by atoms with Crippen LogP contribution in [0.15, 0.2) is 59.1 Å². The zero-order chi connectivity index (χ0) is 21.4. The lowest BCUT2D eigenvalue weighted by molar-refractivity contribution is -0.866. The predicted octanol–water partition coefficient (Wildman–Crippen LogP) is 3.80. The van der Waals surface area contributed by atoms with Crippen LogP contribution in [0.5, 0.6) is 0 Å². The fourth-order valence-corrected chi connectivity index (χ4v) is 5.05. The number of hydrogen-bond donors (Lipinski definition) is 0.